The Hall–Kier alpha value is -2.92. The van der Waals surface area contributed by atoms with Crippen molar-refractivity contribution in [2.24, 2.45) is 5.92 Å². The highest BCUT2D eigenvalue weighted by Crippen LogP contribution is 2.24. The summed E-state index contributed by atoms with van der Waals surface area (Å²) in [5.41, 5.74) is 0.741. The molecule has 3 rings (SSSR count). The van der Waals surface area contributed by atoms with Gasteiger partial charge in [-0.3, -0.25) is 9.59 Å². The van der Waals surface area contributed by atoms with E-state index in [1.807, 2.05) is 20.8 Å². The van der Waals surface area contributed by atoms with Crippen LogP contribution in [0.5, 0.6) is 5.75 Å². The lowest BCUT2D eigenvalue weighted by atomic mass is 10.0. The lowest BCUT2D eigenvalue weighted by Crippen LogP contribution is -2.57. The van der Waals surface area contributed by atoms with Gasteiger partial charge in [0, 0.05) is 31.7 Å². The van der Waals surface area contributed by atoms with Gasteiger partial charge in [0.05, 0.1) is 6.61 Å². The predicted molar refractivity (Wildman–Crippen MR) is 125 cm³/mol. The summed E-state index contributed by atoms with van der Waals surface area (Å²) in [6.45, 7) is 10.0. The van der Waals surface area contributed by atoms with Gasteiger partial charge in [-0.1, -0.05) is 19.0 Å². The second kappa shape index (κ2) is 10.6. The van der Waals surface area contributed by atoms with Gasteiger partial charge >= 0.3 is 0 Å². The number of aryl methyl sites for hydroxylation is 2. The Labute approximate surface area is 200 Å². The van der Waals surface area contributed by atoms with Crippen molar-refractivity contribution in [3.63, 3.8) is 0 Å². The van der Waals surface area contributed by atoms with E-state index in [9.17, 15) is 18.0 Å². The van der Waals surface area contributed by atoms with Crippen molar-refractivity contribution in [3.05, 3.63) is 41.3 Å². The van der Waals surface area contributed by atoms with E-state index in [1.165, 1.54) is 4.31 Å². The van der Waals surface area contributed by atoms with Crippen molar-refractivity contribution >= 4 is 21.8 Å². The zero-order valence-electron chi connectivity index (χ0n) is 20.2. The van der Waals surface area contributed by atoms with E-state index >= 15 is 0 Å². The lowest BCUT2D eigenvalue weighted by molar-refractivity contribution is -0.135. The summed E-state index contributed by atoms with van der Waals surface area (Å²) in [5, 5.41) is 6.57. The van der Waals surface area contributed by atoms with Crippen LogP contribution in [0.15, 0.2) is 33.7 Å². The Bertz CT molecular complexity index is 1100. The van der Waals surface area contributed by atoms with E-state index in [0.717, 1.165) is 0 Å². The number of amides is 2. The van der Waals surface area contributed by atoms with Crippen LogP contribution in [-0.4, -0.2) is 73.4 Å². The van der Waals surface area contributed by atoms with Crippen molar-refractivity contribution in [1.82, 2.24) is 19.7 Å². The van der Waals surface area contributed by atoms with Crippen molar-refractivity contribution in [2.75, 3.05) is 32.8 Å². The molecule has 1 aliphatic rings. The first-order valence-electron chi connectivity index (χ1n) is 11.3. The van der Waals surface area contributed by atoms with Gasteiger partial charge in [-0.05, 0) is 51.0 Å². The maximum atomic E-state index is 13.2. The Kier molecular flexibility index (Phi) is 7.98. The molecule has 186 valence electrons. The van der Waals surface area contributed by atoms with Crippen LogP contribution in [-0.2, 0) is 14.8 Å². The molecule has 2 heterocycles. The van der Waals surface area contributed by atoms with Gasteiger partial charge in [-0.2, -0.15) is 4.31 Å². The summed E-state index contributed by atoms with van der Waals surface area (Å²) in [4.78, 5) is 27.7. The average Bonchev–Trinajstić information content (AvgIpc) is 3.16. The first-order valence-corrected chi connectivity index (χ1v) is 12.8. The maximum Gasteiger partial charge on any atom is 0.251 e. The van der Waals surface area contributed by atoms with Gasteiger partial charge in [0.25, 0.3) is 5.91 Å². The number of hydrogen-bond acceptors (Lipinski definition) is 7. The molecule has 0 bridgehead atoms. The van der Waals surface area contributed by atoms with E-state index in [2.05, 4.69) is 10.5 Å². The quantitative estimate of drug-likeness (QED) is 0.598. The van der Waals surface area contributed by atoms with Crippen LogP contribution in [0.25, 0.3) is 0 Å². The second-order valence-corrected chi connectivity index (χ2v) is 10.4. The molecule has 1 saturated heterocycles. The maximum absolute atomic E-state index is 13.2. The number of nitrogens with one attached hydrogen (secondary N) is 1. The number of ether oxygens (including phenoxy) is 1. The first-order chi connectivity index (χ1) is 16.1. The molecule has 1 aromatic carbocycles. The SMILES string of the molecule is CCOc1ccc(C(=O)N[C@H](C(=O)N2CCN(S(=O)(=O)c3c(C)noc3C)CC2)C(C)C)cc1. The topological polar surface area (TPSA) is 122 Å². The molecule has 0 aliphatic carbocycles. The number of hydrogen-bond donors (Lipinski definition) is 1. The van der Waals surface area contributed by atoms with Crippen LogP contribution in [0.3, 0.4) is 0 Å². The van der Waals surface area contributed by atoms with Crippen molar-refractivity contribution in [1.29, 1.82) is 0 Å². The van der Waals surface area contributed by atoms with Crippen LogP contribution >= 0.6 is 0 Å². The highest BCUT2D eigenvalue weighted by atomic mass is 32.2. The molecule has 0 spiro atoms. The van der Waals surface area contributed by atoms with Gasteiger partial charge in [0.1, 0.15) is 22.4 Å². The predicted octanol–water partition coefficient (Wildman–Crippen LogP) is 1.98. The molecule has 11 heteroatoms. The number of rotatable bonds is 8. The van der Waals surface area contributed by atoms with E-state index in [0.29, 0.717) is 23.6 Å². The zero-order chi connectivity index (χ0) is 25.0. The van der Waals surface area contributed by atoms with Crippen LogP contribution in [0, 0.1) is 19.8 Å². The third-order valence-electron chi connectivity index (χ3n) is 5.76. The van der Waals surface area contributed by atoms with Gasteiger partial charge < -0.3 is 19.5 Å². The van der Waals surface area contributed by atoms with Crippen LogP contribution in [0.1, 0.15) is 42.6 Å². The number of carbonyl (C=O) groups is 2. The lowest BCUT2D eigenvalue weighted by Gasteiger charge is -2.36. The zero-order valence-corrected chi connectivity index (χ0v) is 21.0. The summed E-state index contributed by atoms with van der Waals surface area (Å²) in [5.74, 6) is 0.175. The molecular weight excluding hydrogens is 460 g/mol. The Balaban J connectivity index is 1.65. The summed E-state index contributed by atoms with van der Waals surface area (Å²) in [6, 6.07) is 6.00. The van der Waals surface area contributed by atoms with E-state index in [1.54, 1.807) is 43.0 Å². The Morgan fingerprint density at radius 2 is 1.74 bits per heavy atom. The van der Waals surface area contributed by atoms with Gasteiger partial charge in [-0.25, -0.2) is 8.42 Å². The minimum atomic E-state index is -3.77. The number of nitrogens with zero attached hydrogens (tertiary/aromatic N) is 3. The largest absolute Gasteiger partial charge is 0.494 e. The van der Waals surface area contributed by atoms with E-state index in [4.69, 9.17) is 9.26 Å². The van der Waals surface area contributed by atoms with Crippen LogP contribution < -0.4 is 10.1 Å². The van der Waals surface area contributed by atoms with Crippen molar-refractivity contribution < 1.29 is 27.3 Å². The third-order valence-corrected chi connectivity index (χ3v) is 7.91. The number of aromatic nitrogens is 1. The fourth-order valence-electron chi connectivity index (χ4n) is 3.92. The van der Waals surface area contributed by atoms with Crippen LogP contribution in [0.4, 0.5) is 0 Å². The molecule has 1 fully saturated rings. The molecule has 1 aliphatic heterocycles. The fraction of sp³-hybridized carbons (Fsp3) is 0.522. The second-order valence-electron chi connectivity index (χ2n) is 8.54. The third kappa shape index (κ3) is 5.41. The molecule has 1 aromatic heterocycles. The Morgan fingerprint density at radius 1 is 1.12 bits per heavy atom. The molecule has 1 atom stereocenters. The molecule has 0 radical (unpaired) electrons. The molecule has 0 saturated carbocycles. The molecule has 34 heavy (non-hydrogen) atoms. The van der Waals surface area contributed by atoms with Gasteiger partial charge in [-0.15, -0.1) is 0 Å². The minimum absolute atomic E-state index is 0.0787. The van der Waals surface area contributed by atoms with Crippen molar-refractivity contribution in [3.8, 4) is 5.75 Å². The van der Waals surface area contributed by atoms with E-state index in [-0.39, 0.29) is 54.6 Å². The number of benzene rings is 1. The fourth-order valence-corrected chi connectivity index (χ4v) is 5.64. The summed E-state index contributed by atoms with van der Waals surface area (Å²) >= 11 is 0. The summed E-state index contributed by atoms with van der Waals surface area (Å²) < 4.78 is 37.8. The molecule has 2 aromatic rings. The van der Waals surface area contributed by atoms with Crippen molar-refractivity contribution in [2.45, 2.75) is 45.6 Å². The normalized spacial score (nSPS) is 15.9. The highest BCUT2D eigenvalue weighted by Gasteiger charge is 2.36. The average molecular weight is 493 g/mol. The highest BCUT2D eigenvalue weighted by molar-refractivity contribution is 7.89. The molecule has 2 amide bonds. The molecule has 10 nitrogen and oxygen atoms in total. The van der Waals surface area contributed by atoms with Gasteiger partial charge in [0.15, 0.2) is 5.76 Å². The standard InChI is InChI=1S/C23H32N4O6S/c1-6-32-19-9-7-18(8-10-19)22(28)24-20(15(2)3)23(29)26-11-13-27(14-12-26)34(30,31)21-16(4)25-33-17(21)5/h7-10,15,20H,6,11-14H2,1-5H3,(H,24,28)/t20-/m0/s1. The minimum Gasteiger partial charge on any atom is -0.494 e. The van der Waals surface area contributed by atoms with Crippen LogP contribution in [0.2, 0.25) is 0 Å². The molecule has 0 unspecified atom stereocenters. The first kappa shape index (κ1) is 25.7. The summed E-state index contributed by atoms with van der Waals surface area (Å²) in [6.07, 6.45) is 0. The molecular formula is C23H32N4O6S. The molecule has 1 N–H and O–H groups in total. The number of carbonyl (C=O) groups excluding carboxylic acids is 2. The smallest absolute Gasteiger partial charge is 0.251 e. The van der Waals surface area contributed by atoms with Gasteiger partial charge in [0.2, 0.25) is 15.9 Å². The summed E-state index contributed by atoms with van der Waals surface area (Å²) in [7, 11) is -3.77. The Morgan fingerprint density at radius 3 is 2.24 bits per heavy atom. The van der Waals surface area contributed by atoms with E-state index < -0.39 is 16.1 Å². The monoisotopic (exact) mass is 492 g/mol. The number of piperazine rings is 1. The number of sulfonamides is 1.